The molecule has 0 radical (unpaired) electrons. The maximum atomic E-state index is 15.0. The summed E-state index contributed by atoms with van der Waals surface area (Å²) in [5.41, 5.74) is -0.465. The van der Waals surface area contributed by atoms with Crippen LogP contribution in [0.25, 0.3) is 0 Å². The molecule has 3 heterocycles. The predicted molar refractivity (Wildman–Crippen MR) is 117 cm³/mol. The van der Waals surface area contributed by atoms with Gasteiger partial charge in [-0.05, 0) is 11.4 Å². The second kappa shape index (κ2) is 10.5. The van der Waals surface area contributed by atoms with Crippen LogP contribution in [0, 0.1) is 11.6 Å². The summed E-state index contributed by atoms with van der Waals surface area (Å²) < 4.78 is 59.6. The van der Waals surface area contributed by atoms with Crippen molar-refractivity contribution in [2.24, 2.45) is 0 Å². The SMILES string of the molecule is O=C(NC[C@H]1CN(c2cc(F)c(N3CCON(C(=O)c4cccs4)CC3)c(F)c2)C(=O)O1)C(F)F. The van der Waals surface area contributed by atoms with E-state index in [4.69, 9.17) is 9.57 Å². The molecule has 0 aliphatic carbocycles. The van der Waals surface area contributed by atoms with Gasteiger partial charge in [0.25, 0.3) is 11.8 Å². The first-order valence-electron chi connectivity index (χ1n) is 10.5. The van der Waals surface area contributed by atoms with Crippen LogP contribution in [-0.2, 0) is 14.4 Å². The van der Waals surface area contributed by atoms with Gasteiger partial charge in [0.2, 0.25) is 0 Å². The van der Waals surface area contributed by atoms with E-state index in [-0.39, 0.29) is 56.6 Å². The Bertz CT molecular complexity index is 1080. The van der Waals surface area contributed by atoms with Crippen molar-refractivity contribution >= 4 is 40.6 Å². The smallest absolute Gasteiger partial charge is 0.414 e. The summed E-state index contributed by atoms with van der Waals surface area (Å²) in [7, 11) is 0. The monoisotopic (exact) mass is 516 g/mol. The van der Waals surface area contributed by atoms with Gasteiger partial charge in [0.15, 0.2) is 11.6 Å². The van der Waals surface area contributed by atoms with E-state index in [1.165, 1.54) is 16.2 Å². The lowest BCUT2D eigenvalue weighted by Gasteiger charge is -2.24. The first-order valence-corrected chi connectivity index (χ1v) is 11.4. The van der Waals surface area contributed by atoms with Crippen LogP contribution in [-0.4, -0.2) is 74.8 Å². The van der Waals surface area contributed by atoms with Crippen LogP contribution in [0.5, 0.6) is 0 Å². The molecule has 1 atom stereocenters. The quantitative estimate of drug-likeness (QED) is 0.594. The number of hydroxylamine groups is 2. The Morgan fingerprint density at radius 2 is 1.91 bits per heavy atom. The lowest BCUT2D eigenvalue weighted by atomic mass is 10.2. The lowest BCUT2D eigenvalue weighted by molar-refractivity contribution is -0.132. The molecule has 2 aliphatic heterocycles. The number of hydrogen-bond acceptors (Lipinski definition) is 7. The van der Waals surface area contributed by atoms with Gasteiger partial charge in [0.1, 0.15) is 11.8 Å². The maximum absolute atomic E-state index is 15.0. The molecule has 0 bridgehead atoms. The maximum Gasteiger partial charge on any atom is 0.414 e. The molecule has 2 saturated heterocycles. The minimum Gasteiger partial charge on any atom is -0.442 e. The Labute approximate surface area is 200 Å². The van der Waals surface area contributed by atoms with E-state index in [2.05, 4.69) is 0 Å². The van der Waals surface area contributed by atoms with Gasteiger partial charge < -0.3 is 15.0 Å². The highest BCUT2D eigenvalue weighted by atomic mass is 32.1. The summed E-state index contributed by atoms with van der Waals surface area (Å²) in [6.07, 6.45) is -5.12. The Balaban J connectivity index is 1.43. The summed E-state index contributed by atoms with van der Waals surface area (Å²) in [5, 5.41) is 4.84. The van der Waals surface area contributed by atoms with Crippen LogP contribution in [0.15, 0.2) is 29.6 Å². The zero-order valence-electron chi connectivity index (χ0n) is 18.1. The van der Waals surface area contributed by atoms with E-state index in [0.29, 0.717) is 4.88 Å². The highest BCUT2D eigenvalue weighted by molar-refractivity contribution is 7.12. The fourth-order valence-corrected chi connectivity index (χ4v) is 4.36. The summed E-state index contributed by atoms with van der Waals surface area (Å²) in [6, 6.07) is 5.30. The standard InChI is InChI=1S/C21H20F4N4O5S/c22-14-8-12(28-11-13(34-21(28)32)10-26-19(30)18(24)25)9-15(23)17(14)27-3-4-29(33-6-5-27)20(31)16-2-1-7-35-16/h1-2,7-9,13,18H,3-6,10-11H2,(H,26,30)/t13-/m0/s1. The molecule has 1 aromatic heterocycles. The van der Waals surface area contributed by atoms with Gasteiger partial charge in [-0.1, -0.05) is 6.07 Å². The number of halogens is 4. The third-order valence-corrected chi connectivity index (χ3v) is 6.20. The van der Waals surface area contributed by atoms with Crippen LogP contribution in [0.1, 0.15) is 9.67 Å². The fourth-order valence-electron chi connectivity index (χ4n) is 3.70. The number of anilines is 2. The van der Waals surface area contributed by atoms with Crippen LogP contribution in [0.3, 0.4) is 0 Å². The van der Waals surface area contributed by atoms with Gasteiger partial charge in [0, 0.05) is 25.2 Å². The number of amides is 3. The molecule has 2 aliphatic rings. The summed E-state index contributed by atoms with van der Waals surface area (Å²) in [6.45, 7) is -0.272. The van der Waals surface area contributed by atoms with Gasteiger partial charge in [-0.15, -0.1) is 11.3 Å². The van der Waals surface area contributed by atoms with E-state index < -0.39 is 36.2 Å². The van der Waals surface area contributed by atoms with Gasteiger partial charge >= 0.3 is 12.5 Å². The molecular formula is C21H20F4N4O5S. The lowest BCUT2D eigenvalue weighted by Crippen LogP contribution is -2.37. The minimum atomic E-state index is -3.22. The number of benzene rings is 1. The van der Waals surface area contributed by atoms with Gasteiger partial charge in [0.05, 0.1) is 36.8 Å². The highest BCUT2D eigenvalue weighted by Gasteiger charge is 2.34. The van der Waals surface area contributed by atoms with Gasteiger partial charge in [-0.25, -0.2) is 18.6 Å². The number of alkyl halides is 2. The molecule has 0 unspecified atom stereocenters. The Hall–Kier alpha value is -3.39. The number of ether oxygens (including phenoxy) is 1. The molecule has 35 heavy (non-hydrogen) atoms. The van der Waals surface area contributed by atoms with Crippen molar-refractivity contribution in [2.75, 3.05) is 49.1 Å². The van der Waals surface area contributed by atoms with E-state index >= 15 is 8.78 Å². The van der Waals surface area contributed by atoms with Crippen LogP contribution >= 0.6 is 11.3 Å². The molecule has 0 saturated carbocycles. The fraction of sp³-hybridized carbons (Fsp3) is 0.381. The van der Waals surface area contributed by atoms with E-state index in [1.807, 2.05) is 5.32 Å². The van der Waals surface area contributed by atoms with Crippen molar-refractivity contribution in [2.45, 2.75) is 12.5 Å². The number of carbonyl (C=O) groups is 3. The number of nitrogens with zero attached hydrogens (tertiary/aromatic N) is 3. The molecule has 2 fully saturated rings. The van der Waals surface area contributed by atoms with Crippen molar-refractivity contribution in [3.63, 3.8) is 0 Å². The number of rotatable bonds is 6. The number of hydrogen-bond donors (Lipinski definition) is 1. The minimum absolute atomic E-state index is 0.0161. The molecule has 1 aromatic carbocycles. The van der Waals surface area contributed by atoms with Crippen molar-refractivity contribution in [3.8, 4) is 0 Å². The van der Waals surface area contributed by atoms with Gasteiger partial charge in [-0.2, -0.15) is 8.78 Å². The molecule has 1 N–H and O–H groups in total. The molecule has 2 aromatic rings. The van der Waals surface area contributed by atoms with Gasteiger partial charge in [-0.3, -0.25) is 19.3 Å². The normalized spacial score (nSPS) is 18.6. The molecule has 0 spiro atoms. The van der Waals surface area contributed by atoms with Crippen LogP contribution in [0.4, 0.5) is 33.7 Å². The van der Waals surface area contributed by atoms with Crippen molar-refractivity contribution in [1.29, 1.82) is 0 Å². The predicted octanol–water partition coefficient (Wildman–Crippen LogP) is 2.63. The summed E-state index contributed by atoms with van der Waals surface area (Å²) in [4.78, 5) is 43.9. The highest BCUT2D eigenvalue weighted by Crippen LogP contribution is 2.31. The average molecular weight is 516 g/mol. The topological polar surface area (TPSA) is 91.4 Å². The zero-order valence-corrected chi connectivity index (χ0v) is 18.9. The Morgan fingerprint density at radius 1 is 1.17 bits per heavy atom. The third-order valence-electron chi connectivity index (χ3n) is 5.35. The zero-order chi connectivity index (χ0) is 25.1. The van der Waals surface area contributed by atoms with Crippen LogP contribution < -0.4 is 15.1 Å². The molecule has 4 rings (SSSR count). The number of nitrogens with one attached hydrogen (secondary N) is 1. The molecule has 188 valence electrons. The largest absolute Gasteiger partial charge is 0.442 e. The molecule has 9 nitrogen and oxygen atoms in total. The van der Waals surface area contributed by atoms with Crippen LogP contribution in [0.2, 0.25) is 0 Å². The second-order valence-electron chi connectivity index (χ2n) is 7.63. The second-order valence-corrected chi connectivity index (χ2v) is 8.57. The van der Waals surface area contributed by atoms with Crippen molar-refractivity contribution < 1.29 is 41.5 Å². The average Bonchev–Trinajstić information content (AvgIpc) is 3.41. The molecule has 3 amide bonds. The third kappa shape index (κ3) is 5.48. The van der Waals surface area contributed by atoms with Crippen molar-refractivity contribution in [3.05, 3.63) is 46.2 Å². The van der Waals surface area contributed by atoms with E-state index in [1.54, 1.807) is 17.5 Å². The number of cyclic esters (lactones) is 1. The number of carbonyl (C=O) groups excluding carboxylic acids is 3. The van der Waals surface area contributed by atoms with E-state index in [0.717, 1.165) is 22.1 Å². The Morgan fingerprint density at radius 3 is 2.57 bits per heavy atom. The molecular weight excluding hydrogens is 496 g/mol. The number of thiophene rings is 1. The summed E-state index contributed by atoms with van der Waals surface area (Å²) in [5.74, 6) is -3.75. The first kappa shape index (κ1) is 24.7. The Kier molecular flexibility index (Phi) is 7.40. The summed E-state index contributed by atoms with van der Waals surface area (Å²) >= 11 is 1.25. The first-order chi connectivity index (χ1) is 16.7. The van der Waals surface area contributed by atoms with Crippen molar-refractivity contribution in [1.82, 2.24) is 10.4 Å². The van der Waals surface area contributed by atoms with E-state index in [9.17, 15) is 23.2 Å². The molecule has 14 heteroatoms.